The monoisotopic (exact) mass is 297 g/mol. The van der Waals surface area contributed by atoms with Crippen molar-refractivity contribution in [1.29, 1.82) is 5.26 Å². The zero-order valence-electron chi connectivity index (χ0n) is 11.6. The Balaban J connectivity index is 1.54. The number of pyridine rings is 1. The molecule has 1 aromatic carbocycles. The molecular formula is C16H12FN3O2. The zero-order valence-corrected chi connectivity index (χ0v) is 11.6. The van der Waals surface area contributed by atoms with Crippen molar-refractivity contribution in [3.8, 4) is 11.9 Å². The van der Waals surface area contributed by atoms with Gasteiger partial charge in [0, 0.05) is 17.8 Å². The van der Waals surface area contributed by atoms with Crippen molar-refractivity contribution in [2.75, 3.05) is 13.1 Å². The molecule has 6 heteroatoms. The maximum Gasteiger partial charge on any atom is 0.254 e. The van der Waals surface area contributed by atoms with Gasteiger partial charge >= 0.3 is 0 Å². The first-order valence-electron chi connectivity index (χ1n) is 6.73. The summed E-state index contributed by atoms with van der Waals surface area (Å²) in [5, 5.41) is 8.69. The summed E-state index contributed by atoms with van der Waals surface area (Å²) in [5.41, 5.74) is 0.922. The van der Waals surface area contributed by atoms with E-state index < -0.39 is 0 Å². The lowest BCUT2D eigenvalue weighted by molar-refractivity contribution is 0.0160. The molecule has 2 aromatic rings. The standard InChI is InChI=1S/C16H12FN3O2/c17-13-4-2-12(3-5-13)16(21)20-9-14(10-20)22-15-6-1-11(7-18)8-19-15/h1-6,8,14H,9-10H2. The van der Waals surface area contributed by atoms with Crippen molar-refractivity contribution in [3.63, 3.8) is 0 Å². The summed E-state index contributed by atoms with van der Waals surface area (Å²) in [6.45, 7) is 0.912. The van der Waals surface area contributed by atoms with E-state index in [1.165, 1.54) is 30.5 Å². The third-order valence-corrected chi connectivity index (χ3v) is 3.38. The van der Waals surface area contributed by atoms with Crippen molar-refractivity contribution < 1.29 is 13.9 Å². The van der Waals surface area contributed by atoms with Crippen LogP contribution in [0, 0.1) is 17.1 Å². The van der Waals surface area contributed by atoms with Gasteiger partial charge < -0.3 is 9.64 Å². The zero-order chi connectivity index (χ0) is 15.5. The van der Waals surface area contributed by atoms with E-state index in [1.54, 1.807) is 17.0 Å². The third kappa shape index (κ3) is 2.88. The molecule has 0 saturated carbocycles. The Kier molecular flexibility index (Phi) is 3.71. The Morgan fingerprint density at radius 1 is 1.27 bits per heavy atom. The summed E-state index contributed by atoms with van der Waals surface area (Å²) in [7, 11) is 0. The molecule has 1 amide bonds. The predicted octanol–water partition coefficient (Wildman–Crippen LogP) is 2.00. The summed E-state index contributed by atoms with van der Waals surface area (Å²) >= 11 is 0. The molecule has 2 heterocycles. The van der Waals surface area contributed by atoms with Crippen LogP contribution in [0.5, 0.6) is 5.88 Å². The van der Waals surface area contributed by atoms with Gasteiger partial charge in [-0.2, -0.15) is 5.26 Å². The summed E-state index contributed by atoms with van der Waals surface area (Å²) in [5.74, 6) is -0.0845. The van der Waals surface area contributed by atoms with Crippen LogP contribution >= 0.6 is 0 Å². The van der Waals surface area contributed by atoms with E-state index in [4.69, 9.17) is 10.00 Å². The molecule has 1 aliphatic heterocycles. The molecule has 0 bridgehead atoms. The Morgan fingerprint density at radius 3 is 2.59 bits per heavy atom. The maximum absolute atomic E-state index is 12.8. The Bertz CT molecular complexity index is 717. The fourth-order valence-electron chi connectivity index (χ4n) is 2.14. The molecule has 0 spiro atoms. The van der Waals surface area contributed by atoms with Gasteiger partial charge in [0.15, 0.2) is 0 Å². The van der Waals surface area contributed by atoms with Gasteiger partial charge in [-0.25, -0.2) is 9.37 Å². The van der Waals surface area contributed by atoms with Gasteiger partial charge in [-0.3, -0.25) is 4.79 Å². The number of amides is 1. The highest BCUT2D eigenvalue weighted by Crippen LogP contribution is 2.18. The van der Waals surface area contributed by atoms with Gasteiger partial charge in [0.05, 0.1) is 18.7 Å². The molecule has 1 saturated heterocycles. The number of hydrogen-bond acceptors (Lipinski definition) is 4. The van der Waals surface area contributed by atoms with E-state index in [9.17, 15) is 9.18 Å². The largest absolute Gasteiger partial charge is 0.471 e. The Morgan fingerprint density at radius 2 is 2.00 bits per heavy atom. The van der Waals surface area contributed by atoms with E-state index in [0.717, 1.165) is 0 Å². The van der Waals surface area contributed by atoms with Crippen molar-refractivity contribution in [2.24, 2.45) is 0 Å². The third-order valence-electron chi connectivity index (χ3n) is 3.38. The molecule has 22 heavy (non-hydrogen) atoms. The minimum atomic E-state index is -0.367. The topological polar surface area (TPSA) is 66.2 Å². The lowest BCUT2D eigenvalue weighted by Crippen LogP contribution is -2.56. The van der Waals surface area contributed by atoms with Crippen molar-refractivity contribution in [1.82, 2.24) is 9.88 Å². The van der Waals surface area contributed by atoms with Crippen LogP contribution in [0.1, 0.15) is 15.9 Å². The van der Waals surface area contributed by atoms with E-state index in [0.29, 0.717) is 30.1 Å². The average Bonchev–Trinajstić information content (AvgIpc) is 2.51. The molecule has 0 unspecified atom stereocenters. The van der Waals surface area contributed by atoms with Crippen LogP contribution in [0.4, 0.5) is 4.39 Å². The van der Waals surface area contributed by atoms with Crippen molar-refractivity contribution >= 4 is 5.91 Å². The molecule has 0 atom stereocenters. The van der Waals surface area contributed by atoms with Gasteiger partial charge in [-0.05, 0) is 30.3 Å². The van der Waals surface area contributed by atoms with Gasteiger partial charge in [-0.15, -0.1) is 0 Å². The van der Waals surface area contributed by atoms with E-state index in [1.807, 2.05) is 6.07 Å². The molecule has 0 N–H and O–H groups in total. The highest BCUT2D eigenvalue weighted by Gasteiger charge is 2.33. The van der Waals surface area contributed by atoms with Crippen LogP contribution in [-0.2, 0) is 0 Å². The second-order valence-corrected chi connectivity index (χ2v) is 4.95. The number of nitriles is 1. The first-order chi connectivity index (χ1) is 10.7. The van der Waals surface area contributed by atoms with Crippen LogP contribution < -0.4 is 4.74 Å². The highest BCUT2D eigenvalue weighted by atomic mass is 19.1. The van der Waals surface area contributed by atoms with Crippen LogP contribution in [-0.4, -0.2) is 35.0 Å². The summed E-state index contributed by atoms with van der Waals surface area (Å²) in [6, 6.07) is 10.7. The van der Waals surface area contributed by atoms with Gasteiger partial charge in [0.1, 0.15) is 18.0 Å². The first kappa shape index (κ1) is 14.0. The average molecular weight is 297 g/mol. The number of halogens is 1. The van der Waals surface area contributed by atoms with Crippen LogP contribution in [0.25, 0.3) is 0 Å². The fourth-order valence-corrected chi connectivity index (χ4v) is 2.14. The lowest BCUT2D eigenvalue weighted by atomic mass is 10.1. The molecule has 1 aliphatic rings. The van der Waals surface area contributed by atoms with Crippen molar-refractivity contribution in [3.05, 3.63) is 59.5 Å². The highest BCUT2D eigenvalue weighted by molar-refractivity contribution is 5.94. The molecular weight excluding hydrogens is 285 g/mol. The number of carbonyl (C=O) groups excluding carboxylic acids is 1. The second kappa shape index (κ2) is 5.82. The number of ether oxygens (including phenoxy) is 1. The van der Waals surface area contributed by atoms with Gasteiger partial charge in [-0.1, -0.05) is 0 Å². The van der Waals surface area contributed by atoms with Crippen molar-refractivity contribution in [2.45, 2.75) is 6.10 Å². The van der Waals surface area contributed by atoms with Crippen LogP contribution in [0.2, 0.25) is 0 Å². The predicted molar refractivity (Wildman–Crippen MR) is 75.7 cm³/mol. The number of hydrogen-bond donors (Lipinski definition) is 0. The molecule has 3 rings (SSSR count). The number of aromatic nitrogens is 1. The normalized spacial score (nSPS) is 14.1. The minimum absolute atomic E-state index is 0.121. The van der Waals surface area contributed by atoms with E-state index >= 15 is 0 Å². The lowest BCUT2D eigenvalue weighted by Gasteiger charge is -2.38. The van der Waals surface area contributed by atoms with E-state index in [-0.39, 0.29) is 17.8 Å². The fraction of sp³-hybridized carbons (Fsp3) is 0.188. The number of nitrogens with zero attached hydrogens (tertiary/aromatic N) is 3. The van der Waals surface area contributed by atoms with Gasteiger partial charge in [0.2, 0.25) is 5.88 Å². The number of rotatable bonds is 3. The molecule has 1 aromatic heterocycles. The number of carbonyl (C=O) groups is 1. The SMILES string of the molecule is N#Cc1ccc(OC2CN(C(=O)c3ccc(F)cc3)C2)nc1. The quantitative estimate of drug-likeness (QED) is 0.869. The summed E-state index contributed by atoms with van der Waals surface area (Å²) in [4.78, 5) is 17.8. The molecule has 1 fully saturated rings. The number of likely N-dealkylation sites (tertiary alicyclic amines) is 1. The minimum Gasteiger partial charge on any atom is -0.471 e. The van der Waals surface area contributed by atoms with Crippen LogP contribution in [0.3, 0.4) is 0 Å². The molecule has 0 radical (unpaired) electrons. The summed E-state index contributed by atoms with van der Waals surface area (Å²) in [6.07, 6.45) is 1.32. The number of benzene rings is 1. The van der Waals surface area contributed by atoms with Gasteiger partial charge in [0.25, 0.3) is 5.91 Å². The first-order valence-corrected chi connectivity index (χ1v) is 6.73. The molecule has 110 valence electrons. The smallest absolute Gasteiger partial charge is 0.254 e. The molecule has 0 aliphatic carbocycles. The molecule has 5 nitrogen and oxygen atoms in total. The Hall–Kier alpha value is -2.94. The second-order valence-electron chi connectivity index (χ2n) is 4.95. The van der Waals surface area contributed by atoms with Crippen LogP contribution in [0.15, 0.2) is 42.6 Å². The maximum atomic E-state index is 12.8. The van der Waals surface area contributed by atoms with E-state index in [2.05, 4.69) is 4.98 Å². The Labute approximate surface area is 126 Å². The summed E-state index contributed by atoms with van der Waals surface area (Å²) < 4.78 is 18.4.